The highest BCUT2D eigenvalue weighted by Gasteiger charge is 2.04. The monoisotopic (exact) mass is 271 g/mol. The number of aromatic nitrogens is 1. The summed E-state index contributed by atoms with van der Waals surface area (Å²) in [6.45, 7) is 2.61. The molecule has 1 aromatic heterocycles. The molecule has 0 unspecified atom stereocenters. The van der Waals surface area contributed by atoms with Crippen LogP contribution in [0.2, 0.25) is 0 Å². The van der Waals surface area contributed by atoms with Crippen LogP contribution in [-0.2, 0) is 6.54 Å². The minimum Gasteiger partial charge on any atom is -0.481 e. The van der Waals surface area contributed by atoms with Crippen molar-refractivity contribution in [3.8, 4) is 5.88 Å². The fourth-order valence-corrected chi connectivity index (χ4v) is 1.85. The second-order valence-corrected chi connectivity index (χ2v) is 4.45. The number of nitrogens with two attached hydrogens (primary N) is 1. The number of anilines is 1. The number of carbonyl (C=O) groups excluding carboxylic acids is 1. The van der Waals surface area contributed by atoms with Gasteiger partial charge in [0.05, 0.1) is 19.0 Å². The Morgan fingerprint density at radius 1 is 1.35 bits per heavy atom. The van der Waals surface area contributed by atoms with Crippen LogP contribution in [0.4, 0.5) is 5.69 Å². The summed E-state index contributed by atoms with van der Waals surface area (Å²) in [5.74, 6) is 0.171. The number of benzene rings is 1. The van der Waals surface area contributed by atoms with Crippen molar-refractivity contribution in [2.24, 2.45) is 5.73 Å². The molecule has 0 radical (unpaired) electrons. The zero-order valence-electron chi connectivity index (χ0n) is 11.5. The van der Waals surface area contributed by atoms with Gasteiger partial charge < -0.3 is 15.8 Å². The van der Waals surface area contributed by atoms with E-state index in [0.29, 0.717) is 18.0 Å². The number of primary amides is 1. The third-order valence-corrected chi connectivity index (χ3v) is 3.06. The number of ether oxygens (including phenoxy) is 1. The summed E-state index contributed by atoms with van der Waals surface area (Å²) in [6, 6.07) is 9.13. The van der Waals surface area contributed by atoms with E-state index < -0.39 is 5.91 Å². The number of amides is 1. The normalized spacial score (nSPS) is 10.1. The van der Waals surface area contributed by atoms with Crippen LogP contribution < -0.4 is 15.8 Å². The SMILES string of the molecule is COc1ccc(NCc2ccc(C(N)=O)cc2C)cn1. The van der Waals surface area contributed by atoms with Gasteiger partial charge in [0.2, 0.25) is 11.8 Å². The smallest absolute Gasteiger partial charge is 0.248 e. The molecule has 2 rings (SSSR count). The van der Waals surface area contributed by atoms with E-state index in [1.807, 2.05) is 19.1 Å². The lowest BCUT2D eigenvalue weighted by Gasteiger charge is -2.10. The largest absolute Gasteiger partial charge is 0.481 e. The van der Waals surface area contributed by atoms with Crippen LogP contribution in [0.25, 0.3) is 0 Å². The van der Waals surface area contributed by atoms with E-state index in [-0.39, 0.29) is 0 Å². The van der Waals surface area contributed by atoms with E-state index in [1.54, 1.807) is 31.5 Å². The summed E-state index contributed by atoms with van der Waals surface area (Å²) >= 11 is 0. The molecule has 0 spiro atoms. The summed E-state index contributed by atoms with van der Waals surface area (Å²) in [4.78, 5) is 15.2. The van der Waals surface area contributed by atoms with E-state index in [4.69, 9.17) is 10.5 Å². The quantitative estimate of drug-likeness (QED) is 0.873. The lowest BCUT2D eigenvalue weighted by atomic mass is 10.0. The van der Waals surface area contributed by atoms with Crippen LogP contribution in [0, 0.1) is 6.92 Å². The first kappa shape index (κ1) is 13.9. The van der Waals surface area contributed by atoms with Gasteiger partial charge in [-0.3, -0.25) is 4.79 Å². The van der Waals surface area contributed by atoms with Crippen LogP contribution in [0.3, 0.4) is 0 Å². The minimum absolute atomic E-state index is 0.410. The molecule has 0 atom stereocenters. The standard InChI is InChI=1S/C15H17N3O2/c1-10-7-11(15(16)19)3-4-12(10)8-17-13-5-6-14(20-2)18-9-13/h3-7,9,17H,8H2,1-2H3,(H2,16,19). The number of nitrogens with one attached hydrogen (secondary N) is 1. The van der Waals surface area contributed by atoms with Gasteiger partial charge in [0, 0.05) is 18.2 Å². The van der Waals surface area contributed by atoms with Crippen molar-refractivity contribution >= 4 is 11.6 Å². The van der Waals surface area contributed by atoms with E-state index in [1.165, 1.54) is 0 Å². The topological polar surface area (TPSA) is 77.2 Å². The Kier molecular flexibility index (Phi) is 4.20. The van der Waals surface area contributed by atoms with Crippen molar-refractivity contribution in [2.75, 3.05) is 12.4 Å². The first-order valence-corrected chi connectivity index (χ1v) is 6.23. The van der Waals surface area contributed by atoms with Gasteiger partial charge in [-0.05, 0) is 36.2 Å². The third-order valence-electron chi connectivity index (χ3n) is 3.06. The Morgan fingerprint density at radius 3 is 2.70 bits per heavy atom. The molecule has 1 amide bonds. The van der Waals surface area contributed by atoms with Gasteiger partial charge in [-0.25, -0.2) is 4.98 Å². The van der Waals surface area contributed by atoms with E-state index in [2.05, 4.69) is 10.3 Å². The molecule has 0 aliphatic rings. The zero-order valence-corrected chi connectivity index (χ0v) is 11.5. The number of hydrogen-bond acceptors (Lipinski definition) is 4. The molecule has 0 aliphatic heterocycles. The van der Waals surface area contributed by atoms with Gasteiger partial charge in [0.25, 0.3) is 0 Å². The Labute approximate surface area is 117 Å². The van der Waals surface area contributed by atoms with Crippen LogP contribution in [0.5, 0.6) is 5.88 Å². The highest BCUT2D eigenvalue weighted by molar-refractivity contribution is 5.93. The van der Waals surface area contributed by atoms with Crippen LogP contribution in [-0.4, -0.2) is 18.0 Å². The lowest BCUT2D eigenvalue weighted by molar-refractivity contribution is 0.1000. The molecule has 0 saturated heterocycles. The second kappa shape index (κ2) is 6.06. The molecule has 20 heavy (non-hydrogen) atoms. The maximum absolute atomic E-state index is 11.1. The van der Waals surface area contributed by atoms with Crippen LogP contribution in [0.1, 0.15) is 21.5 Å². The first-order valence-electron chi connectivity index (χ1n) is 6.23. The summed E-state index contributed by atoms with van der Waals surface area (Å²) in [6.07, 6.45) is 1.71. The molecule has 1 aromatic carbocycles. The van der Waals surface area contributed by atoms with Crippen molar-refractivity contribution in [1.82, 2.24) is 4.98 Å². The molecule has 104 valence electrons. The molecule has 0 saturated carbocycles. The predicted molar refractivity (Wildman–Crippen MR) is 77.8 cm³/mol. The van der Waals surface area contributed by atoms with Gasteiger partial charge in [-0.2, -0.15) is 0 Å². The van der Waals surface area contributed by atoms with Crippen molar-refractivity contribution in [1.29, 1.82) is 0 Å². The van der Waals surface area contributed by atoms with Crippen molar-refractivity contribution in [2.45, 2.75) is 13.5 Å². The summed E-state index contributed by atoms with van der Waals surface area (Å²) in [7, 11) is 1.58. The fourth-order valence-electron chi connectivity index (χ4n) is 1.85. The highest BCUT2D eigenvalue weighted by atomic mass is 16.5. The minimum atomic E-state index is -0.410. The van der Waals surface area contributed by atoms with E-state index in [9.17, 15) is 4.79 Å². The lowest BCUT2D eigenvalue weighted by Crippen LogP contribution is -2.11. The van der Waals surface area contributed by atoms with Gasteiger partial charge in [0.15, 0.2) is 0 Å². The molecule has 5 heteroatoms. The molecular formula is C15H17N3O2. The van der Waals surface area contributed by atoms with Crippen molar-refractivity contribution in [3.63, 3.8) is 0 Å². The highest BCUT2D eigenvalue weighted by Crippen LogP contribution is 2.15. The van der Waals surface area contributed by atoms with Crippen LogP contribution in [0.15, 0.2) is 36.5 Å². The molecule has 0 bridgehead atoms. The van der Waals surface area contributed by atoms with Gasteiger partial charge >= 0.3 is 0 Å². The van der Waals surface area contributed by atoms with Crippen molar-refractivity contribution in [3.05, 3.63) is 53.2 Å². The average Bonchev–Trinajstić information content (AvgIpc) is 2.46. The Balaban J connectivity index is 2.04. The van der Waals surface area contributed by atoms with Gasteiger partial charge in [-0.1, -0.05) is 6.07 Å². The van der Waals surface area contributed by atoms with E-state index in [0.717, 1.165) is 16.8 Å². The van der Waals surface area contributed by atoms with Gasteiger partial charge in [-0.15, -0.1) is 0 Å². The Hall–Kier alpha value is -2.56. The Morgan fingerprint density at radius 2 is 2.15 bits per heavy atom. The van der Waals surface area contributed by atoms with Gasteiger partial charge in [0.1, 0.15) is 0 Å². The van der Waals surface area contributed by atoms with Crippen molar-refractivity contribution < 1.29 is 9.53 Å². The molecule has 0 aliphatic carbocycles. The number of methoxy groups -OCH3 is 1. The molecule has 1 heterocycles. The number of aryl methyl sites for hydroxylation is 1. The fraction of sp³-hybridized carbons (Fsp3) is 0.200. The number of hydrogen-bond donors (Lipinski definition) is 2. The summed E-state index contributed by atoms with van der Waals surface area (Å²) in [5.41, 5.74) is 8.81. The molecule has 2 aromatic rings. The zero-order chi connectivity index (χ0) is 14.5. The molecule has 3 N–H and O–H groups in total. The van der Waals surface area contributed by atoms with E-state index >= 15 is 0 Å². The average molecular weight is 271 g/mol. The maximum Gasteiger partial charge on any atom is 0.248 e. The molecule has 5 nitrogen and oxygen atoms in total. The second-order valence-electron chi connectivity index (χ2n) is 4.45. The van der Waals surface area contributed by atoms with Crippen LogP contribution >= 0.6 is 0 Å². The molecule has 0 fully saturated rings. The first-order chi connectivity index (χ1) is 9.60. The number of carbonyl (C=O) groups is 1. The predicted octanol–water partition coefficient (Wildman–Crippen LogP) is 2.11. The summed E-state index contributed by atoms with van der Waals surface area (Å²) in [5, 5.41) is 3.27. The number of pyridine rings is 1. The summed E-state index contributed by atoms with van der Waals surface area (Å²) < 4.78 is 5.00. The Bertz CT molecular complexity index is 609. The molecular weight excluding hydrogens is 254 g/mol. The third kappa shape index (κ3) is 3.26. The number of nitrogens with zero attached hydrogens (tertiary/aromatic N) is 1. The number of rotatable bonds is 5. The maximum atomic E-state index is 11.1.